The van der Waals surface area contributed by atoms with Gasteiger partial charge in [-0.25, -0.2) is 0 Å². The van der Waals surface area contributed by atoms with E-state index in [1.165, 1.54) is 0 Å². The lowest BCUT2D eigenvalue weighted by Crippen LogP contribution is -2.11. The lowest BCUT2D eigenvalue weighted by Gasteiger charge is -2.12. The molecule has 21 heavy (non-hydrogen) atoms. The van der Waals surface area contributed by atoms with Crippen LogP contribution in [-0.4, -0.2) is 12.1 Å². The van der Waals surface area contributed by atoms with Crippen molar-refractivity contribution in [2.75, 3.05) is 7.11 Å². The molecular formula is C18H17NO2. The maximum atomic E-state index is 12.7. The zero-order chi connectivity index (χ0) is 15.0. The van der Waals surface area contributed by atoms with Gasteiger partial charge in [0.25, 0.3) is 0 Å². The highest BCUT2D eigenvalue weighted by Crippen LogP contribution is 2.28. The predicted molar refractivity (Wildman–Crippen MR) is 86.0 cm³/mol. The molecule has 0 fully saturated rings. The van der Waals surface area contributed by atoms with Gasteiger partial charge in [-0.1, -0.05) is 36.4 Å². The first-order valence-electron chi connectivity index (χ1n) is 6.89. The smallest absolute Gasteiger partial charge is 0.193 e. The van der Waals surface area contributed by atoms with Crippen LogP contribution in [-0.2, 0) is 0 Å². The van der Waals surface area contributed by atoms with Gasteiger partial charge in [0.15, 0.2) is 5.43 Å². The van der Waals surface area contributed by atoms with Crippen molar-refractivity contribution < 1.29 is 4.74 Å². The molecule has 0 bridgehead atoms. The zero-order valence-corrected chi connectivity index (χ0v) is 12.4. The summed E-state index contributed by atoms with van der Waals surface area (Å²) < 4.78 is 5.40. The number of hydrogen-bond acceptors (Lipinski definition) is 2. The van der Waals surface area contributed by atoms with Gasteiger partial charge in [0.05, 0.1) is 23.7 Å². The average molecular weight is 279 g/mol. The molecule has 3 aromatic rings. The summed E-state index contributed by atoms with van der Waals surface area (Å²) in [6, 6.07) is 13.7. The van der Waals surface area contributed by atoms with Crippen LogP contribution in [0.25, 0.3) is 22.2 Å². The predicted octanol–water partition coefficient (Wildman–Crippen LogP) is 3.82. The topological polar surface area (TPSA) is 42.1 Å². The van der Waals surface area contributed by atoms with Crippen molar-refractivity contribution in [2.24, 2.45) is 0 Å². The molecule has 0 saturated heterocycles. The van der Waals surface area contributed by atoms with E-state index in [4.69, 9.17) is 4.74 Å². The lowest BCUT2D eigenvalue weighted by molar-refractivity contribution is 0.419. The zero-order valence-electron chi connectivity index (χ0n) is 12.4. The van der Waals surface area contributed by atoms with Crippen molar-refractivity contribution in [1.82, 2.24) is 4.98 Å². The number of aryl methyl sites for hydroxylation is 1. The molecule has 0 atom stereocenters. The van der Waals surface area contributed by atoms with Crippen LogP contribution in [0.4, 0.5) is 0 Å². The summed E-state index contributed by atoms with van der Waals surface area (Å²) in [6.07, 6.45) is 0. The van der Waals surface area contributed by atoms with Gasteiger partial charge in [0, 0.05) is 5.56 Å². The Morgan fingerprint density at radius 1 is 1.00 bits per heavy atom. The number of ether oxygens (including phenoxy) is 1. The van der Waals surface area contributed by atoms with Crippen LogP contribution in [0.3, 0.4) is 0 Å². The number of benzene rings is 2. The number of aromatic nitrogens is 1. The molecule has 0 unspecified atom stereocenters. The molecule has 1 aromatic heterocycles. The summed E-state index contributed by atoms with van der Waals surface area (Å²) in [4.78, 5) is 16.1. The summed E-state index contributed by atoms with van der Waals surface area (Å²) >= 11 is 0. The molecule has 0 aliphatic heterocycles. The fraction of sp³-hybridized carbons (Fsp3) is 0.167. The third kappa shape index (κ3) is 2.11. The van der Waals surface area contributed by atoms with Crippen LogP contribution in [0.1, 0.15) is 11.1 Å². The van der Waals surface area contributed by atoms with Gasteiger partial charge in [-0.3, -0.25) is 4.79 Å². The third-order valence-corrected chi connectivity index (χ3v) is 3.85. The lowest BCUT2D eigenvalue weighted by atomic mass is 10.0. The highest BCUT2D eigenvalue weighted by Gasteiger charge is 2.14. The van der Waals surface area contributed by atoms with Crippen LogP contribution >= 0.6 is 0 Å². The minimum atomic E-state index is 0.0546. The van der Waals surface area contributed by atoms with Gasteiger partial charge >= 0.3 is 0 Å². The summed E-state index contributed by atoms with van der Waals surface area (Å²) in [5.41, 5.74) is 4.33. The maximum absolute atomic E-state index is 12.7. The first kappa shape index (κ1) is 13.4. The SMILES string of the molecule is COc1ccc(C)c2c(=O)c(C)c(-c3ccccc3)[nH]c12. The molecule has 1 heterocycles. The van der Waals surface area contributed by atoms with Crippen molar-refractivity contribution in [1.29, 1.82) is 0 Å². The number of pyridine rings is 1. The van der Waals surface area contributed by atoms with Gasteiger partial charge in [0.2, 0.25) is 0 Å². The average Bonchev–Trinajstić information content (AvgIpc) is 2.51. The second-order valence-electron chi connectivity index (χ2n) is 5.15. The second kappa shape index (κ2) is 5.09. The fourth-order valence-electron chi connectivity index (χ4n) is 2.69. The van der Waals surface area contributed by atoms with Crippen molar-refractivity contribution in [3.63, 3.8) is 0 Å². The molecule has 106 valence electrons. The monoisotopic (exact) mass is 279 g/mol. The molecule has 0 aliphatic carbocycles. The molecule has 1 N–H and O–H groups in total. The first-order chi connectivity index (χ1) is 10.1. The Balaban J connectivity index is 2.45. The van der Waals surface area contributed by atoms with Crippen molar-refractivity contribution in [3.8, 4) is 17.0 Å². The van der Waals surface area contributed by atoms with Crippen LogP contribution < -0.4 is 10.2 Å². The van der Waals surface area contributed by atoms with E-state index >= 15 is 0 Å². The molecule has 0 saturated carbocycles. The third-order valence-electron chi connectivity index (χ3n) is 3.85. The van der Waals surface area contributed by atoms with Gasteiger partial charge in [-0.2, -0.15) is 0 Å². The number of H-pyrrole nitrogens is 1. The molecule has 0 spiro atoms. The number of fused-ring (bicyclic) bond motifs is 1. The van der Waals surface area contributed by atoms with E-state index < -0.39 is 0 Å². The van der Waals surface area contributed by atoms with E-state index in [0.29, 0.717) is 11.1 Å². The molecule has 2 aromatic carbocycles. The number of aromatic amines is 1. The van der Waals surface area contributed by atoms with Crippen LogP contribution in [0.5, 0.6) is 5.75 Å². The number of rotatable bonds is 2. The Hall–Kier alpha value is -2.55. The Morgan fingerprint density at radius 2 is 1.71 bits per heavy atom. The summed E-state index contributed by atoms with van der Waals surface area (Å²) in [5.74, 6) is 0.685. The van der Waals surface area contributed by atoms with E-state index in [0.717, 1.165) is 27.9 Å². The van der Waals surface area contributed by atoms with Gasteiger partial charge < -0.3 is 9.72 Å². The number of nitrogens with one attached hydrogen (secondary N) is 1. The number of methoxy groups -OCH3 is 1. The largest absolute Gasteiger partial charge is 0.495 e. The normalized spacial score (nSPS) is 10.8. The van der Waals surface area contributed by atoms with Crippen LogP contribution in [0.15, 0.2) is 47.3 Å². The minimum Gasteiger partial charge on any atom is -0.495 e. The highest BCUT2D eigenvalue weighted by atomic mass is 16.5. The van der Waals surface area contributed by atoms with Crippen molar-refractivity contribution >= 4 is 10.9 Å². The highest BCUT2D eigenvalue weighted by molar-refractivity contribution is 5.90. The van der Waals surface area contributed by atoms with E-state index in [1.807, 2.05) is 56.3 Å². The van der Waals surface area contributed by atoms with Crippen molar-refractivity contribution in [2.45, 2.75) is 13.8 Å². The Morgan fingerprint density at radius 3 is 2.38 bits per heavy atom. The van der Waals surface area contributed by atoms with E-state index in [-0.39, 0.29) is 5.43 Å². The molecule has 3 heteroatoms. The van der Waals surface area contributed by atoms with Crippen LogP contribution in [0, 0.1) is 13.8 Å². The van der Waals surface area contributed by atoms with Gasteiger partial charge in [-0.15, -0.1) is 0 Å². The van der Waals surface area contributed by atoms with Gasteiger partial charge in [-0.05, 0) is 31.0 Å². The fourth-order valence-corrected chi connectivity index (χ4v) is 2.69. The van der Waals surface area contributed by atoms with Gasteiger partial charge in [0.1, 0.15) is 5.75 Å². The quantitative estimate of drug-likeness (QED) is 0.775. The summed E-state index contributed by atoms with van der Waals surface area (Å²) in [7, 11) is 1.62. The van der Waals surface area contributed by atoms with E-state index in [1.54, 1.807) is 7.11 Å². The molecule has 3 rings (SSSR count). The Kier molecular flexibility index (Phi) is 3.26. The standard InChI is InChI=1S/C18H17NO2/c1-11-9-10-14(21-3)17-15(11)18(20)12(2)16(19-17)13-7-5-4-6-8-13/h4-10H,1-3H3,(H,19,20). The Bertz CT molecular complexity index is 864. The molecular weight excluding hydrogens is 262 g/mol. The molecule has 0 aliphatic rings. The molecule has 0 amide bonds. The molecule has 3 nitrogen and oxygen atoms in total. The first-order valence-corrected chi connectivity index (χ1v) is 6.89. The van der Waals surface area contributed by atoms with E-state index in [2.05, 4.69) is 4.98 Å². The van der Waals surface area contributed by atoms with Crippen LogP contribution in [0.2, 0.25) is 0 Å². The molecule has 0 radical (unpaired) electrons. The second-order valence-corrected chi connectivity index (χ2v) is 5.15. The summed E-state index contributed by atoms with van der Waals surface area (Å²) in [5, 5.41) is 0.700. The number of hydrogen-bond donors (Lipinski definition) is 1. The minimum absolute atomic E-state index is 0.0546. The van der Waals surface area contributed by atoms with Crippen molar-refractivity contribution in [3.05, 3.63) is 63.8 Å². The Labute approximate surface area is 123 Å². The maximum Gasteiger partial charge on any atom is 0.193 e. The van der Waals surface area contributed by atoms with E-state index in [9.17, 15) is 4.79 Å². The summed E-state index contributed by atoms with van der Waals surface area (Å²) in [6.45, 7) is 3.80.